The van der Waals surface area contributed by atoms with E-state index in [1.807, 2.05) is 0 Å². The normalized spacial score (nSPS) is 11.0. The van der Waals surface area contributed by atoms with Gasteiger partial charge in [-0.3, -0.25) is 4.79 Å². The molecular weight excluding hydrogens is 323 g/mol. The fraction of sp³-hybridized carbons (Fsp3) is 0.235. The van der Waals surface area contributed by atoms with Crippen LogP contribution in [0, 0.1) is 0 Å². The van der Waals surface area contributed by atoms with E-state index in [-0.39, 0.29) is 24.6 Å². The number of amides is 1. The molecule has 0 atom stereocenters. The molecule has 2 aromatic rings. The molecule has 0 aliphatic rings. The Kier molecular flexibility index (Phi) is 5.68. The smallest absolute Gasteiger partial charge is 0.497 e. The molecule has 7 heteroatoms. The van der Waals surface area contributed by atoms with E-state index in [1.54, 1.807) is 31.4 Å². The van der Waals surface area contributed by atoms with Gasteiger partial charge in [-0.05, 0) is 35.4 Å². The van der Waals surface area contributed by atoms with Crippen molar-refractivity contribution in [3.8, 4) is 11.5 Å². The molecule has 0 saturated carbocycles. The Labute approximate surface area is 137 Å². The minimum absolute atomic E-state index is 0.184. The Bertz CT molecular complexity index is 667. The SMILES string of the molecule is COc1ccc(CC(=O)NCc2ccc(OC(F)(F)F)cc2)cc1. The second-order valence-corrected chi connectivity index (χ2v) is 4.99. The second-order valence-electron chi connectivity index (χ2n) is 4.99. The van der Waals surface area contributed by atoms with Gasteiger partial charge in [0.2, 0.25) is 5.91 Å². The average molecular weight is 339 g/mol. The number of halogens is 3. The minimum atomic E-state index is -4.71. The Hall–Kier alpha value is -2.70. The van der Waals surface area contributed by atoms with E-state index >= 15 is 0 Å². The summed E-state index contributed by atoms with van der Waals surface area (Å²) in [5.41, 5.74) is 1.51. The highest BCUT2D eigenvalue weighted by molar-refractivity contribution is 5.78. The van der Waals surface area contributed by atoms with Gasteiger partial charge in [-0.1, -0.05) is 24.3 Å². The summed E-state index contributed by atoms with van der Waals surface area (Å²) in [5, 5.41) is 2.71. The summed E-state index contributed by atoms with van der Waals surface area (Å²) < 4.78 is 45.0. The standard InChI is InChI=1S/C17H16F3NO3/c1-23-14-6-2-12(3-7-14)10-16(22)21-11-13-4-8-15(9-5-13)24-17(18,19)20/h2-9H,10-11H2,1H3,(H,21,22). The summed E-state index contributed by atoms with van der Waals surface area (Å²) in [7, 11) is 1.56. The zero-order valence-corrected chi connectivity index (χ0v) is 12.9. The van der Waals surface area contributed by atoms with Crippen LogP contribution in [0.1, 0.15) is 11.1 Å². The Morgan fingerprint density at radius 1 is 0.958 bits per heavy atom. The van der Waals surface area contributed by atoms with E-state index in [4.69, 9.17) is 4.74 Å². The largest absolute Gasteiger partial charge is 0.573 e. The lowest BCUT2D eigenvalue weighted by Crippen LogP contribution is -2.24. The number of methoxy groups -OCH3 is 1. The lowest BCUT2D eigenvalue weighted by molar-refractivity contribution is -0.274. The molecule has 0 saturated heterocycles. The zero-order valence-electron chi connectivity index (χ0n) is 12.9. The van der Waals surface area contributed by atoms with Crippen molar-refractivity contribution in [3.63, 3.8) is 0 Å². The number of rotatable bonds is 6. The molecule has 0 fully saturated rings. The molecule has 24 heavy (non-hydrogen) atoms. The van der Waals surface area contributed by atoms with Crippen molar-refractivity contribution < 1.29 is 27.4 Å². The van der Waals surface area contributed by atoms with Crippen molar-refractivity contribution >= 4 is 5.91 Å². The molecule has 2 aromatic carbocycles. The molecule has 1 N–H and O–H groups in total. The van der Waals surface area contributed by atoms with Crippen LogP contribution in [0.3, 0.4) is 0 Å². The van der Waals surface area contributed by atoms with Gasteiger partial charge in [0, 0.05) is 6.54 Å². The van der Waals surface area contributed by atoms with Crippen molar-refractivity contribution in [1.29, 1.82) is 0 Å². The molecule has 0 aliphatic heterocycles. The van der Waals surface area contributed by atoms with E-state index in [9.17, 15) is 18.0 Å². The number of carbonyl (C=O) groups excluding carboxylic acids is 1. The lowest BCUT2D eigenvalue weighted by atomic mass is 10.1. The molecule has 1 amide bonds. The Balaban J connectivity index is 1.82. The summed E-state index contributed by atoms with van der Waals surface area (Å²) >= 11 is 0. The topological polar surface area (TPSA) is 47.6 Å². The van der Waals surface area contributed by atoms with E-state index < -0.39 is 6.36 Å². The zero-order chi connectivity index (χ0) is 17.6. The average Bonchev–Trinajstić information content (AvgIpc) is 2.53. The molecule has 128 valence electrons. The lowest BCUT2D eigenvalue weighted by Gasteiger charge is -2.10. The van der Waals surface area contributed by atoms with Crippen molar-refractivity contribution in [1.82, 2.24) is 5.32 Å². The van der Waals surface area contributed by atoms with E-state index in [1.165, 1.54) is 24.3 Å². The van der Waals surface area contributed by atoms with E-state index in [0.29, 0.717) is 11.3 Å². The van der Waals surface area contributed by atoms with E-state index in [0.717, 1.165) is 5.56 Å². The first kappa shape index (κ1) is 17.7. The van der Waals surface area contributed by atoms with Crippen LogP contribution < -0.4 is 14.8 Å². The number of hydrogen-bond acceptors (Lipinski definition) is 3. The first-order valence-corrected chi connectivity index (χ1v) is 7.10. The van der Waals surface area contributed by atoms with Crippen LogP contribution in [-0.2, 0) is 17.8 Å². The molecule has 0 radical (unpaired) electrons. The molecule has 0 bridgehead atoms. The summed E-state index contributed by atoms with van der Waals surface area (Å²) in [5.74, 6) is 0.229. The van der Waals surface area contributed by atoms with Crippen LogP contribution in [0.5, 0.6) is 11.5 Å². The molecule has 2 rings (SSSR count). The quantitative estimate of drug-likeness (QED) is 0.877. The van der Waals surface area contributed by atoms with Gasteiger partial charge in [-0.2, -0.15) is 0 Å². The molecule has 0 heterocycles. The maximum atomic E-state index is 12.1. The third-order valence-corrected chi connectivity index (χ3v) is 3.17. The second kappa shape index (κ2) is 7.72. The maximum Gasteiger partial charge on any atom is 0.573 e. The summed E-state index contributed by atoms with van der Waals surface area (Å²) in [6.45, 7) is 0.223. The third kappa shape index (κ3) is 5.83. The molecule has 0 unspecified atom stereocenters. The highest BCUT2D eigenvalue weighted by atomic mass is 19.4. The number of alkyl halides is 3. The fourth-order valence-corrected chi connectivity index (χ4v) is 2.00. The van der Waals surface area contributed by atoms with Crippen molar-refractivity contribution in [2.45, 2.75) is 19.3 Å². The van der Waals surface area contributed by atoms with Crippen LogP contribution in [0.25, 0.3) is 0 Å². The third-order valence-electron chi connectivity index (χ3n) is 3.17. The predicted octanol–water partition coefficient (Wildman–Crippen LogP) is 3.45. The monoisotopic (exact) mass is 339 g/mol. The first-order chi connectivity index (χ1) is 11.4. The molecule has 0 aliphatic carbocycles. The Morgan fingerprint density at radius 2 is 1.50 bits per heavy atom. The fourth-order valence-electron chi connectivity index (χ4n) is 2.00. The maximum absolute atomic E-state index is 12.1. The van der Waals surface area contributed by atoms with E-state index in [2.05, 4.69) is 10.1 Å². The molecular formula is C17H16F3NO3. The van der Waals surface area contributed by atoms with Gasteiger partial charge in [0.15, 0.2) is 0 Å². The number of carbonyl (C=O) groups is 1. The summed E-state index contributed by atoms with van der Waals surface area (Å²) in [6, 6.07) is 12.5. The minimum Gasteiger partial charge on any atom is -0.497 e. The molecule has 0 spiro atoms. The van der Waals surface area contributed by atoms with Gasteiger partial charge in [0.1, 0.15) is 11.5 Å². The van der Waals surface area contributed by atoms with Crippen LogP contribution >= 0.6 is 0 Å². The van der Waals surface area contributed by atoms with Gasteiger partial charge in [0.05, 0.1) is 13.5 Å². The van der Waals surface area contributed by atoms with Gasteiger partial charge in [-0.25, -0.2) is 0 Å². The highest BCUT2D eigenvalue weighted by Gasteiger charge is 2.30. The van der Waals surface area contributed by atoms with Crippen LogP contribution in [0.2, 0.25) is 0 Å². The predicted molar refractivity (Wildman–Crippen MR) is 81.7 cm³/mol. The van der Waals surface area contributed by atoms with Crippen LogP contribution in [-0.4, -0.2) is 19.4 Å². The molecule has 4 nitrogen and oxygen atoms in total. The van der Waals surface area contributed by atoms with Crippen molar-refractivity contribution in [2.24, 2.45) is 0 Å². The summed E-state index contributed by atoms with van der Waals surface area (Å²) in [6.07, 6.45) is -4.51. The number of hydrogen-bond donors (Lipinski definition) is 1. The van der Waals surface area contributed by atoms with Crippen molar-refractivity contribution in [2.75, 3.05) is 7.11 Å². The van der Waals surface area contributed by atoms with Crippen LogP contribution in [0.4, 0.5) is 13.2 Å². The van der Waals surface area contributed by atoms with Gasteiger partial charge < -0.3 is 14.8 Å². The van der Waals surface area contributed by atoms with Crippen LogP contribution in [0.15, 0.2) is 48.5 Å². The first-order valence-electron chi connectivity index (χ1n) is 7.10. The number of benzene rings is 2. The number of nitrogens with one attached hydrogen (secondary N) is 1. The summed E-state index contributed by atoms with van der Waals surface area (Å²) in [4.78, 5) is 11.9. The van der Waals surface area contributed by atoms with Gasteiger partial charge in [-0.15, -0.1) is 13.2 Å². The van der Waals surface area contributed by atoms with Gasteiger partial charge in [0.25, 0.3) is 0 Å². The van der Waals surface area contributed by atoms with Gasteiger partial charge >= 0.3 is 6.36 Å². The molecule has 0 aromatic heterocycles. The highest BCUT2D eigenvalue weighted by Crippen LogP contribution is 2.22. The Morgan fingerprint density at radius 3 is 2.04 bits per heavy atom. The number of ether oxygens (including phenoxy) is 2. The van der Waals surface area contributed by atoms with Crippen molar-refractivity contribution in [3.05, 3.63) is 59.7 Å².